The van der Waals surface area contributed by atoms with Gasteiger partial charge in [0.1, 0.15) is 6.10 Å². The first-order chi connectivity index (χ1) is 9.31. The van der Waals surface area contributed by atoms with Gasteiger partial charge in [-0.2, -0.15) is 0 Å². The lowest BCUT2D eigenvalue weighted by molar-refractivity contribution is 0.397. The molecule has 0 spiro atoms. The van der Waals surface area contributed by atoms with Crippen LogP contribution in [0.25, 0.3) is 6.08 Å². The highest BCUT2D eigenvalue weighted by atomic mass is 16.6. The number of ether oxygens (including phenoxy) is 1. The molecule has 4 rings (SSSR count). The summed E-state index contributed by atoms with van der Waals surface area (Å²) in [6, 6.07) is 2.07. The maximum absolute atomic E-state index is 5.76. The average molecular weight is 254 g/mol. The Morgan fingerprint density at radius 1 is 1.42 bits per heavy atom. The highest BCUT2D eigenvalue weighted by molar-refractivity contribution is 5.73. The van der Waals surface area contributed by atoms with Crippen molar-refractivity contribution >= 4 is 11.8 Å². The van der Waals surface area contributed by atoms with Crippen molar-refractivity contribution in [2.24, 2.45) is 5.92 Å². The zero-order valence-corrected chi connectivity index (χ0v) is 11.1. The summed E-state index contributed by atoms with van der Waals surface area (Å²) in [4.78, 5) is 4.18. The number of anilines is 1. The first kappa shape index (κ1) is 11.2. The second-order valence-electron chi connectivity index (χ2n) is 5.79. The average Bonchev–Trinajstić information content (AvgIpc) is 3.18. The molecule has 0 saturated carbocycles. The topological polar surface area (TPSA) is 37.5 Å². The number of epoxide rings is 1. The molecule has 1 aliphatic carbocycles. The van der Waals surface area contributed by atoms with Crippen LogP contribution in [0.2, 0.25) is 0 Å². The molecule has 0 radical (unpaired) electrons. The molecule has 1 fully saturated rings. The van der Waals surface area contributed by atoms with Crippen LogP contribution in [0.1, 0.15) is 31.7 Å². The lowest BCUT2D eigenvalue weighted by Gasteiger charge is -2.19. The van der Waals surface area contributed by atoms with Crippen LogP contribution >= 0.6 is 0 Å². The Balaban J connectivity index is 1.73. The standard InChI is InChI=1S/C16H18N2O/c1-10-2-4-11(5-3-10)13-8-12-6-7-17-9-14(12)18-16-15(13)19-16/h4,6-10,15-16,18H,2-3,5H2,1H3. The largest absolute Gasteiger partial charge is 0.356 e. The molecule has 3 heteroatoms. The van der Waals surface area contributed by atoms with Gasteiger partial charge in [0.2, 0.25) is 0 Å². The molecule has 3 atom stereocenters. The summed E-state index contributed by atoms with van der Waals surface area (Å²) in [7, 11) is 0. The molecule has 3 unspecified atom stereocenters. The molecule has 0 bridgehead atoms. The van der Waals surface area contributed by atoms with Gasteiger partial charge in [0.05, 0.1) is 11.9 Å². The second-order valence-corrected chi connectivity index (χ2v) is 5.79. The van der Waals surface area contributed by atoms with E-state index in [1.54, 1.807) is 0 Å². The number of hydrogen-bond donors (Lipinski definition) is 1. The van der Waals surface area contributed by atoms with E-state index in [2.05, 4.69) is 35.4 Å². The molecule has 1 saturated heterocycles. The van der Waals surface area contributed by atoms with E-state index >= 15 is 0 Å². The molecule has 1 aromatic rings. The maximum Gasteiger partial charge on any atom is 0.159 e. The van der Waals surface area contributed by atoms with Crippen LogP contribution in [0, 0.1) is 5.92 Å². The van der Waals surface area contributed by atoms with Crippen LogP contribution in [-0.2, 0) is 4.74 Å². The summed E-state index contributed by atoms with van der Waals surface area (Å²) in [5.74, 6) is 0.820. The first-order valence-corrected chi connectivity index (χ1v) is 7.08. The zero-order valence-electron chi connectivity index (χ0n) is 11.1. The number of rotatable bonds is 1. The summed E-state index contributed by atoms with van der Waals surface area (Å²) < 4.78 is 5.76. The van der Waals surface area contributed by atoms with Crippen LogP contribution in [0.15, 0.2) is 35.7 Å². The Kier molecular flexibility index (Phi) is 2.49. The van der Waals surface area contributed by atoms with Gasteiger partial charge in [0.25, 0.3) is 0 Å². The first-order valence-electron chi connectivity index (χ1n) is 7.08. The van der Waals surface area contributed by atoms with E-state index in [1.165, 1.54) is 36.0 Å². The van der Waals surface area contributed by atoms with Crippen LogP contribution in [0.4, 0.5) is 5.69 Å². The minimum Gasteiger partial charge on any atom is -0.356 e. The Labute approximate surface area is 113 Å². The van der Waals surface area contributed by atoms with E-state index in [0.29, 0.717) is 0 Å². The number of allylic oxidation sites excluding steroid dienone is 1. The van der Waals surface area contributed by atoms with Crippen molar-refractivity contribution in [3.63, 3.8) is 0 Å². The molecular formula is C16H18N2O. The second kappa shape index (κ2) is 4.20. The molecule has 1 aromatic heterocycles. The molecule has 3 heterocycles. The highest BCUT2D eigenvalue weighted by Gasteiger charge is 2.44. The Bertz CT molecular complexity index is 576. The van der Waals surface area contributed by atoms with Gasteiger partial charge >= 0.3 is 0 Å². The van der Waals surface area contributed by atoms with Crippen molar-refractivity contribution in [1.82, 2.24) is 4.98 Å². The van der Waals surface area contributed by atoms with Gasteiger partial charge in [0, 0.05) is 11.8 Å². The summed E-state index contributed by atoms with van der Waals surface area (Å²) in [5.41, 5.74) is 5.15. The van der Waals surface area contributed by atoms with Crippen molar-refractivity contribution in [1.29, 1.82) is 0 Å². The van der Waals surface area contributed by atoms with Crippen molar-refractivity contribution in [3.8, 4) is 0 Å². The van der Waals surface area contributed by atoms with Gasteiger partial charge in [-0.3, -0.25) is 4.98 Å². The van der Waals surface area contributed by atoms with Gasteiger partial charge in [0.15, 0.2) is 6.23 Å². The normalized spacial score (nSPS) is 32.2. The Morgan fingerprint density at radius 2 is 2.37 bits per heavy atom. The number of hydrogen-bond acceptors (Lipinski definition) is 3. The number of nitrogens with one attached hydrogen (secondary N) is 1. The molecule has 3 aliphatic rings. The number of aromatic nitrogens is 1. The highest BCUT2D eigenvalue weighted by Crippen LogP contribution is 2.42. The molecule has 19 heavy (non-hydrogen) atoms. The number of fused-ring (bicyclic) bond motifs is 2. The summed E-state index contributed by atoms with van der Waals surface area (Å²) in [6.07, 6.45) is 12.4. The smallest absolute Gasteiger partial charge is 0.159 e. The fourth-order valence-corrected chi connectivity index (χ4v) is 3.02. The number of nitrogens with zero attached hydrogens (tertiary/aromatic N) is 1. The lowest BCUT2D eigenvalue weighted by atomic mass is 9.86. The Morgan fingerprint density at radius 3 is 3.21 bits per heavy atom. The van der Waals surface area contributed by atoms with Crippen molar-refractivity contribution < 1.29 is 4.74 Å². The van der Waals surface area contributed by atoms with Gasteiger partial charge in [-0.1, -0.05) is 13.0 Å². The predicted octanol–water partition coefficient (Wildman–Crippen LogP) is 3.36. The summed E-state index contributed by atoms with van der Waals surface area (Å²) in [6.45, 7) is 2.33. The molecule has 0 amide bonds. The monoisotopic (exact) mass is 254 g/mol. The van der Waals surface area contributed by atoms with E-state index in [0.717, 1.165) is 11.6 Å². The van der Waals surface area contributed by atoms with E-state index < -0.39 is 0 Å². The zero-order chi connectivity index (χ0) is 12.8. The van der Waals surface area contributed by atoms with Gasteiger partial charge < -0.3 is 10.1 Å². The predicted molar refractivity (Wildman–Crippen MR) is 75.6 cm³/mol. The van der Waals surface area contributed by atoms with E-state index in [9.17, 15) is 0 Å². The molecule has 1 N–H and O–H groups in total. The van der Waals surface area contributed by atoms with E-state index in [1.807, 2.05) is 12.4 Å². The molecule has 3 nitrogen and oxygen atoms in total. The van der Waals surface area contributed by atoms with Crippen molar-refractivity contribution in [2.75, 3.05) is 5.32 Å². The fourth-order valence-electron chi connectivity index (χ4n) is 3.02. The third-order valence-electron chi connectivity index (χ3n) is 4.31. The quantitative estimate of drug-likeness (QED) is 0.781. The van der Waals surface area contributed by atoms with Gasteiger partial charge in [-0.25, -0.2) is 0 Å². The maximum atomic E-state index is 5.76. The summed E-state index contributed by atoms with van der Waals surface area (Å²) >= 11 is 0. The van der Waals surface area contributed by atoms with Crippen LogP contribution in [-0.4, -0.2) is 17.3 Å². The van der Waals surface area contributed by atoms with Crippen LogP contribution < -0.4 is 5.32 Å². The summed E-state index contributed by atoms with van der Waals surface area (Å²) in [5, 5.41) is 3.41. The van der Waals surface area contributed by atoms with E-state index in [-0.39, 0.29) is 12.3 Å². The van der Waals surface area contributed by atoms with Crippen molar-refractivity contribution in [2.45, 2.75) is 38.5 Å². The van der Waals surface area contributed by atoms with Crippen molar-refractivity contribution in [3.05, 3.63) is 41.2 Å². The van der Waals surface area contributed by atoms with Gasteiger partial charge in [-0.05, 0) is 48.5 Å². The third kappa shape index (κ3) is 1.98. The minimum atomic E-state index is 0.136. The fraction of sp³-hybridized carbons (Fsp3) is 0.438. The SMILES string of the molecule is CC1CC=C(C2=Cc3ccncc3NC3OC23)CC1. The third-order valence-corrected chi connectivity index (χ3v) is 4.31. The lowest BCUT2D eigenvalue weighted by Crippen LogP contribution is -2.10. The Hall–Kier alpha value is -1.61. The molecule has 2 aliphatic heterocycles. The van der Waals surface area contributed by atoms with Gasteiger partial charge in [-0.15, -0.1) is 0 Å². The molecule has 98 valence electrons. The molecular weight excluding hydrogens is 236 g/mol. The number of pyridine rings is 1. The minimum absolute atomic E-state index is 0.136. The van der Waals surface area contributed by atoms with E-state index in [4.69, 9.17) is 4.74 Å². The van der Waals surface area contributed by atoms with Crippen LogP contribution in [0.5, 0.6) is 0 Å². The molecule has 0 aromatic carbocycles. The van der Waals surface area contributed by atoms with Crippen LogP contribution in [0.3, 0.4) is 0 Å².